The van der Waals surface area contributed by atoms with Crippen LogP contribution < -0.4 is 9.80 Å². The van der Waals surface area contributed by atoms with Crippen LogP contribution >= 0.6 is 11.3 Å². The van der Waals surface area contributed by atoms with Crippen LogP contribution in [0.2, 0.25) is 0 Å². The number of carbonyl (C=O) groups is 3. The standard InChI is InChI=1S/C37H44N6O4S/c1-7-26-17-24(28-9-8-10-31(29(28)22-44)43-21-25-19-32(37(3,4)5)48-34(25)36(43)47)18-30(35(46)40(26)6)39-33-12-11-27(20-38-33)42-15-13-41(14-16-42)23(2)45/h8-12,18-20,26,44H,7,13-17,21-22H2,1-6H3. The summed E-state index contributed by atoms with van der Waals surface area (Å²) in [5, 5.41) is 10.8. The van der Waals surface area contributed by atoms with Crippen molar-refractivity contribution in [2.45, 2.75) is 72.1 Å². The molecule has 0 radical (unpaired) electrons. The zero-order valence-electron chi connectivity index (χ0n) is 28.6. The first-order valence-corrected chi connectivity index (χ1v) is 17.4. The summed E-state index contributed by atoms with van der Waals surface area (Å²) in [6, 6.07) is 11.6. The van der Waals surface area contributed by atoms with Crippen molar-refractivity contribution in [3.05, 3.63) is 75.1 Å². The lowest BCUT2D eigenvalue weighted by atomic mass is 9.92. The average molecular weight is 669 g/mol. The summed E-state index contributed by atoms with van der Waals surface area (Å²) in [6.45, 7) is 13.1. The van der Waals surface area contributed by atoms with E-state index in [1.807, 2.05) is 41.3 Å². The smallest absolute Gasteiger partial charge is 0.272 e. The summed E-state index contributed by atoms with van der Waals surface area (Å²) >= 11 is 1.55. The second kappa shape index (κ2) is 13.3. The van der Waals surface area contributed by atoms with Crippen molar-refractivity contribution in [2.24, 2.45) is 4.99 Å². The molecule has 1 N–H and O–H groups in total. The molecule has 0 aliphatic carbocycles. The number of amides is 3. The summed E-state index contributed by atoms with van der Waals surface area (Å²) in [6.07, 6.45) is 4.90. The van der Waals surface area contributed by atoms with Crippen LogP contribution in [0.15, 0.2) is 53.7 Å². The number of aromatic nitrogens is 1. The minimum absolute atomic E-state index is 0.0353. The fourth-order valence-electron chi connectivity index (χ4n) is 6.69. The molecular weight excluding hydrogens is 625 g/mol. The Morgan fingerprint density at radius 3 is 2.44 bits per heavy atom. The Bertz CT molecular complexity index is 1800. The molecule has 1 unspecified atom stereocenters. The highest BCUT2D eigenvalue weighted by atomic mass is 32.1. The van der Waals surface area contributed by atoms with E-state index in [1.54, 1.807) is 41.3 Å². The SMILES string of the molecule is CCC1CC(c2cccc(N3Cc4cc(C(C)(C)C)sc4C3=O)c2CO)=CC(=Nc2ccc(N3CCN(C(C)=O)CC3)cn2)C(=O)N1C. The van der Waals surface area contributed by atoms with Gasteiger partial charge in [0.2, 0.25) is 5.91 Å². The summed E-state index contributed by atoms with van der Waals surface area (Å²) in [4.78, 5) is 57.9. The Kier molecular flexibility index (Phi) is 9.28. The van der Waals surface area contributed by atoms with Gasteiger partial charge in [0.25, 0.3) is 11.8 Å². The highest BCUT2D eigenvalue weighted by molar-refractivity contribution is 7.14. The van der Waals surface area contributed by atoms with Crippen molar-refractivity contribution >= 4 is 57.5 Å². The van der Waals surface area contributed by atoms with Crippen molar-refractivity contribution in [1.82, 2.24) is 14.8 Å². The predicted molar refractivity (Wildman–Crippen MR) is 191 cm³/mol. The van der Waals surface area contributed by atoms with Crippen molar-refractivity contribution in [3.8, 4) is 0 Å². The summed E-state index contributed by atoms with van der Waals surface area (Å²) in [5.41, 5.74) is 5.20. The number of anilines is 2. The maximum absolute atomic E-state index is 13.7. The molecule has 1 atom stereocenters. The molecular formula is C37H44N6O4S. The largest absolute Gasteiger partial charge is 0.392 e. The molecule has 3 amide bonds. The lowest BCUT2D eigenvalue weighted by Gasteiger charge is -2.35. The third-order valence-electron chi connectivity index (χ3n) is 9.64. The maximum Gasteiger partial charge on any atom is 0.272 e. The number of rotatable bonds is 6. The zero-order chi connectivity index (χ0) is 34.3. The van der Waals surface area contributed by atoms with E-state index in [0.29, 0.717) is 43.1 Å². The molecule has 1 fully saturated rings. The van der Waals surface area contributed by atoms with Gasteiger partial charge in [0, 0.05) is 56.6 Å². The second-order valence-electron chi connectivity index (χ2n) is 13.8. The van der Waals surface area contributed by atoms with Gasteiger partial charge in [-0.15, -0.1) is 11.3 Å². The molecule has 5 heterocycles. The Balaban J connectivity index is 1.32. The summed E-state index contributed by atoms with van der Waals surface area (Å²) in [7, 11) is 1.80. The molecule has 2 aromatic heterocycles. The van der Waals surface area contributed by atoms with Crippen LogP contribution in [0.3, 0.4) is 0 Å². The third kappa shape index (κ3) is 6.41. The van der Waals surface area contributed by atoms with Gasteiger partial charge in [-0.2, -0.15) is 0 Å². The topological polar surface area (TPSA) is 110 Å². The summed E-state index contributed by atoms with van der Waals surface area (Å²) < 4.78 is 0. The second-order valence-corrected chi connectivity index (χ2v) is 14.8. The number of nitrogens with zero attached hydrogens (tertiary/aromatic N) is 6. The van der Waals surface area contributed by atoms with E-state index < -0.39 is 0 Å². The van der Waals surface area contributed by atoms with Crippen molar-refractivity contribution in [1.29, 1.82) is 0 Å². The van der Waals surface area contributed by atoms with E-state index in [1.165, 1.54) is 4.88 Å². The molecule has 3 aromatic rings. The minimum atomic E-state index is -0.260. The van der Waals surface area contributed by atoms with Gasteiger partial charge in [0.1, 0.15) is 5.71 Å². The molecule has 0 bridgehead atoms. The monoisotopic (exact) mass is 668 g/mol. The lowest BCUT2D eigenvalue weighted by molar-refractivity contribution is -0.129. The van der Waals surface area contributed by atoms with Gasteiger partial charge in [0.05, 0.1) is 35.6 Å². The fraction of sp³-hybridized carbons (Fsp3) is 0.432. The molecule has 3 aliphatic rings. The quantitative estimate of drug-likeness (QED) is 0.369. The molecule has 1 aromatic carbocycles. The van der Waals surface area contributed by atoms with Crippen LogP contribution in [0.4, 0.5) is 17.2 Å². The van der Waals surface area contributed by atoms with E-state index in [0.717, 1.165) is 46.8 Å². The van der Waals surface area contributed by atoms with Crippen LogP contribution in [0.5, 0.6) is 0 Å². The molecule has 252 valence electrons. The fourth-order valence-corrected chi connectivity index (χ4v) is 7.87. The van der Waals surface area contributed by atoms with Gasteiger partial charge >= 0.3 is 0 Å². The average Bonchev–Trinajstić information content (AvgIpc) is 3.61. The van der Waals surface area contributed by atoms with Crippen LogP contribution in [-0.4, -0.2) is 82.6 Å². The minimum Gasteiger partial charge on any atom is -0.392 e. The number of aliphatic imine (C=N–C) groups is 1. The first-order chi connectivity index (χ1) is 22.9. The number of thiophene rings is 1. The van der Waals surface area contributed by atoms with Crippen molar-refractivity contribution in [2.75, 3.05) is 43.0 Å². The first kappa shape index (κ1) is 33.5. The number of hydrogen-bond acceptors (Lipinski definition) is 8. The molecule has 48 heavy (non-hydrogen) atoms. The molecule has 3 aliphatic heterocycles. The third-order valence-corrected chi connectivity index (χ3v) is 11.2. The number of aliphatic hydroxyl groups is 1. The van der Waals surface area contributed by atoms with E-state index in [2.05, 4.69) is 43.6 Å². The number of fused-ring (bicyclic) bond motifs is 1. The van der Waals surface area contributed by atoms with Crippen LogP contribution in [0, 0.1) is 0 Å². The highest BCUT2D eigenvalue weighted by Gasteiger charge is 2.35. The van der Waals surface area contributed by atoms with Gasteiger partial charge in [-0.05, 0) is 65.3 Å². The van der Waals surface area contributed by atoms with Gasteiger partial charge < -0.3 is 24.7 Å². The predicted octanol–water partition coefficient (Wildman–Crippen LogP) is 5.56. The lowest BCUT2D eigenvalue weighted by Crippen LogP contribution is -2.48. The van der Waals surface area contributed by atoms with Crippen LogP contribution in [-0.2, 0) is 28.2 Å². The number of benzene rings is 1. The van der Waals surface area contributed by atoms with E-state index in [-0.39, 0.29) is 41.5 Å². The number of piperazine rings is 1. The molecule has 10 nitrogen and oxygen atoms in total. The van der Waals surface area contributed by atoms with Crippen LogP contribution in [0.1, 0.15) is 78.7 Å². The molecule has 0 saturated carbocycles. The van der Waals surface area contributed by atoms with Crippen LogP contribution in [0.25, 0.3) is 5.57 Å². The number of pyridine rings is 1. The Morgan fingerprint density at radius 2 is 1.83 bits per heavy atom. The molecule has 11 heteroatoms. The molecule has 1 saturated heterocycles. The van der Waals surface area contributed by atoms with E-state index in [4.69, 9.17) is 4.99 Å². The first-order valence-electron chi connectivity index (χ1n) is 16.6. The number of hydrogen-bond donors (Lipinski definition) is 1. The molecule has 0 spiro atoms. The highest BCUT2D eigenvalue weighted by Crippen LogP contribution is 2.41. The van der Waals surface area contributed by atoms with Gasteiger partial charge in [-0.25, -0.2) is 9.98 Å². The summed E-state index contributed by atoms with van der Waals surface area (Å²) in [5.74, 6) is 0.260. The Hall–Kier alpha value is -4.35. The van der Waals surface area contributed by atoms with Gasteiger partial charge in [-0.1, -0.05) is 39.8 Å². The van der Waals surface area contributed by atoms with Gasteiger partial charge in [0.15, 0.2) is 5.82 Å². The zero-order valence-corrected chi connectivity index (χ0v) is 29.4. The Morgan fingerprint density at radius 1 is 1.08 bits per heavy atom. The van der Waals surface area contributed by atoms with E-state index in [9.17, 15) is 19.5 Å². The maximum atomic E-state index is 13.7. The van der Waals surface area contributed by atoms with Crippen molar-refractivity contribution in [3.63, 3.8) is 0 Å². The number of aliphatic hydroxyl groups excluding tert-OH is 1. The molecule has 6 rings (SSSR count). The van der Waals surface area contributed by atoms with Gasteiger partial charge in [-0.3, -0.25) is 14.4 Å². The van der Waals surface area contributed by atoms with E-state index >= 15 is 0 Å². The van der Waals surface area contributed by atoms with Crippen molar-refractivity contribution < 1.29 is 19.5 Å². The number of carbonyl (C=O) groups excluding carboxylic acids is 3. The normalized spacial score (nSPS) is 19.6. The Labute approximate surface area is 286 Å².